The molecule has 0 fully saturated rings. The van der Waals surface area contributed by atoms with Crippen molar-refractivity contribution < 1.29 is 41.7 Å². The lowest BCUT2D eigenvalue weighted by Crippen LogP contribution is -2.36. The molecular weight excluding hydrogens is 532 g/mol. The number of hydrogen-bond donors (Lipinski definition) is 1. The van der Waals surface area contributed by atoms with E-state index in [1.54, 1.807) is 12.1 Å². The molecule has 0 aromatic heterocycles. The summed E-state index contributed by atoms with van der Waals surface area (Å²) >= 11 is 6.29. The number of alkyl halides is 4. The van der Waals surface area contributed by atoms with E-state index in [1.165, 1.54) is 43.3 Å². The SMILES string of the molecule is CCOC(=O)C(F)(F)Oc1ccc(Br)cc1.OCC(F)(F)Oc1ccc(Br)cc1. The molecular formula is C18H16Br2F4O5. The number of rotatable bonds is 7. The van der Waals surface area contributed by atoms with Crippen molar-refractivity contribution in [1.82, 2.24) is 0 Å². The van der Waals surface area contributed by atoms with Gasteiger partial charge in [-0.15, -0.1) is 0 Å². The summed E-state index contributed by atoms with van der Waals surface area (Å²) in [7, 11) is 0. The Labute approximate surface area is 180 Å². The van der Waals surface area contributed by atoms with E-state index in [1.807, 2.05) is 0 Å². The standard InChI is InChI=1S/C10H9BrF2O3.C8H7BrF2O2/c1-2-15-9(14)10(12,13)16-8-5-3-7(11)4-6-8;9-6-1-3-7(4-2-6)13-8(10,11)5-12/h3-6H,2H2,1H3;1-4,12H,5H2. The number of aliphatic hydroxyl groups excluding tert-OH is 1. The number of carbonyl (C=O) groups is 1. The zero-order valence-electron chi connectivity index (χ0n) is 14.9. The van der Waals surface area contributed by atoms with Gasteiger partial charge in [0.2, 0.25) is 0 Å². The average Bonchev–Trinajstić information content (AvgIpc) is 2.66. The zero-order valence-corrected chi connectivity index (χ0v) is 18.1. The van der Waals surface area contributed by atoms with Crippen LogP contribution >= 0.6 is 31.9 Å². The fourth-order valence-electron chi connectivity index (χ4n) is 1.61. The number of ether oxygens (including phenoxy) is 3. The van der Waals surface area contributed by atoms with E-state index >= 15 is 0 Å². The molecule has 0 heterocycles. The van der Waals surface area contributed by atoms with Gasteiger partial charge in [0, 0.05) is 8.95 Å². The molecule has 0 atom stereocenters. The number of halogens is 6. The van der Waals surface area contributed by atoms with Crippen LogP contribution in [0.4, 0.5) is 17.6 Å². The van der Waals surface area contributed by atoms with Crippen LogP contribution in [0.5, 0.6) is 11.5 Å². The Kier molecular flexibility index (Phi) is 9.87. The third kappa shape index (κ3) is 9.46. The molecule has 0 aliphatic rings. The third-order valence-corrected chi connectivity index (χ3v) is 3.89. The Hall–Kier alpha value is -1.85. The summed E-state index contributed by atoms with van der Waals surface area (Å²) in [6.45, 7) is -0.0191. The van der Waals surface area contributed by atoms with Crippen molar-refractivity contribution in [2.75, 3.05) is 13.2 Å². The normalized spacial score (nSPS) is 11.2. The Morgan fingerprint density at radius 2 is 1.31 bits per heavy atom. The van der Waals surface area contributed by atoms with Gasteiger partial charge in [-0.3, -0.25) is 0 Å². The van der Waals surface area contributed by atoms with Gasteiger partial charge >= 0.3 is 18.2 Å². The Morgan fingerprint density at radius 3 is 1.69 bits per heavy atom. The second-order valence-electron chi connectivity index (χ2n) is 5.14. The maximum Gasteiger partial charge on any atom is 0.502 e. The van der Waals surface area contributed by atoms with E-state index < -0.39 is 24.8 Å². The highest BCUT2D eigenvalue weighted by atomic mass is 79.9. The summed E-state index contributed by atoms with van der Waals surface area (Å²) in [4.78, 5) is 10.8. The first kappa shape index (κ1) is 25.2. The summed E-state index contributed by atoms with van der Waals surface area (Å²) in [6, 6.07) is 11.6. The number of esters is 1. The minimum absolute atomic E-state index is 0.0160. The highest BCUT2D eigenvalue weighted by Crippen LogP contribution is 2.25. The number of hydrogen-bond acceptors (Lipinski definition) is 5. The van der Waals surface area contributed by atoms with Crippen LogP contribution in [0.1, 0.15) is 6.92 Å². The first-order valence-corrected chi connectivity index (χ1v) is 9.50. The average molecular weight is 548 g/mol. The predicted molar refractivity (Wildman–Crippen MR) is 103 cm³/mol. The second-order valence-corrected chi connectivity index (χ2v) is 6.98. The maximum atomic E-state index is 13.1. The Bertz CT molecular complexity index is 771. The van der Waals surface area contributed by atoms with Crippen LogP contribution in [-0.2, 0) is 9.53 Å². The summed E-state index contributed by atoms with van der Waals surface area (Å²) in [6.07, 6.45) is -7.49. The monoisotopic (exact) mass is 546 g/mol. The van der Waals surface area contributed by atoms with Crippen LogP contribution in [0.2, 0.25) is 0 Å². The molecule has 2 aromatic rings. The van der Waals surface area contributed by atoms with Crippen LogP contribution in [0.3, 0.4) is 0 Å². The third-order valence-electron chi connectivity index (χ3n) is 2.84. The van der Waals surface area contributed by atoms with Gasteiger partial charge in [-0.25, -0.2) is 4.79 Å². The molecule has 160 valence electrons. The molecule has 2 rings (SSSR count). The van der Waals surface area contributed by atoms with Crippen LogP contribution < -0.4 is 9.47 Å². The van der Waals surface area contributed by atoms with Crippen molar-refractivity contribution >= 4 is 37.8 Å². The molecule has 0 aliphatic heterocycles. The van der Waals surface area contributed by atoms with Gasteiger partial charge in [-0.1, -0.05) is 31.9 Å². The molecule has 0 unspecified atom stereocenters. The molecule has 5 nitrogen and oxygen atoms in total. The van der Waals surface area contributed by atoms with Gasteiger partial charge in [-0.2, -0.15) is 17.6 Å². The maximum absolute atomic E-state index is 13.1. The topological polar surface area (TPSA) is 65.0 Å². The smallest absolute Gasteiger partial charge is 0.459 e. The fourth-order valence-corrected chi connectivity index (χ4v) is 2.14. The lowest BCUT2D eigenvalue weighted by atomic mass is 10.3. The van der Waals surface area contributed by atoms with Crippen molar-refractivity contribution in [2.45, 2.75) is 19.1 Å². The molecule has 11 heteroatoms. The molecule has 0 radical (unpaired) electrons. The van der Waals surface area contributed by atoms with Crippen molar-refractivity contribution in [1.29, 1.82) is 0 Å². The lowest BCUT2D eigenvalue weighted by molar-refractivity contribution is -0.216. The summed E-state index contributed by atoms with van der Waals surface area (Å²) in [5.41, 5.74) is 0. The van der Waals surface area contributed by atoms with Crippen LogP contribution in [0.15, 0.2) is 57.5 Å². The Balaban J connectivity index is 0.000000296. The largest absolute Gasteiger partial charge is 0.502 e. The number of benzene rings is 2. The molecule has 0 aliphatic carbocycles. The Morgan fingerprint density at radius 1 is 0.897 bits per heavy atom. The minimum atomic E-state index is -3.97. The van der Waals surface area contributed by atoms with Gasteiger partial charge in [-0.05, 0) is 55.5 Å². The lowest BCUT2D eigenvalue weighted by Gasteiger charge is -2.15. The summed E-state index contributed by atoms with van der Waals surface area (Å²) in [5, 5.41) is 8.23. The zero-order chi connectivity index (χ0) is 22.1. The second kappa shape index (κ2) is 11.4. The number of carbonyl (C=O) groups excluding carboxylic acids is 1. The van der Waals surface area contributed by atoms with E-state index in [-0.39, 0.29) is 18.1 Å². The quantitative estimate of drug-likeness (QED) is 0.371. The molecule has 0 amide bonds. The van der Waals surface area contributed by atoms with Gasteiger partial charge in [0.25, 0.3) is 0 Å². The van der Waals surface area contributed by atoms with Crippen molar-refractivity contribution in [3.05, 3.63) is 57.5 Å². The molecule has 0 saturated heterocycles. The van der Waals surface area contributed by atoms with E-state index in [2.05, 4.69) is 46.1 Å². The van der Waals surface area contributed by atoms with E-state index in [0.29, 0.717) is 0 Å². The van der Waals surface area contributed by atoms with Crippen LogP contribution in [0, 0.1) is 0 Å². The van der Waals surface area contributed by atoms with Crippen LogP contribution in [-0.4, -0.2) is 36.5 Å². The van der Waals surface area contributed by atoms with Gasteiger partial charge < -0.3 is 19.3 Å². The number of aliphatic hydroxyl groups is 1. The van der Waals surface area contributed by atoms with E-state index in [4.69, 9.17) is 5.11 Å². The first-order chi connectivity index (χ1) is 13.5. The van der Waals surface area contributed by atoms with Crippen molar-refractivity contribution in [2.24, 2.45) is 0 Å². The highest BCUT2D eigenvalue weighted by molar-refractivity contribution is 9.10. The molecule has 29 heavy (non-hydrogen) atoms. The molecule has 0 bridgehead atoms. The van der Waals surface area contributed by atoms with Gasteiger partial charge in [0.05, 0.1) is 6.61 Å². The first-order valence-electron chi connectivity index (χ1n) is 7.92. The summed E-state index contributed by atoms with van der Waals surface area (Å²) in [5.74, 6) is -1.79. The van der Waals surface area contributed by atoms with Crippen molar-refractivity contribution in [3.63, 3.8) is 0 Å². The molecule has 1 N–H and O–H groups in total. The van der Waals surface area contributed by atoms with Gasteiger partial charge in [0.15, 0.2) is 0 Å². The van der Waals surface area contributed by atoms with Gasteiger partial charge in [0.1, 0.15) is 18.1 Å². The van der Waals surface area contributed by atoms with Crippen molar-refractivity contribution in [3.8, 4) is 11.5 Å². The van der Waals surface area contributed by atoms with E-state index in [0.717, 1.165) is 8.95 Å². The van der Waals surface area contributed by atoms with Crippen LogP contribution in [0.25, 0.3) is 0 Å². The molecule has 0 spiro atoms. The molecule has 2 aromatic carbocycles. The fraction of sp³-hybridized carbons (Fsp3) is 0.278. The predicted octanol–water partition coefficient (Wildman–Crippen LogP) is 5.40. The van der Waals surface area contributed by atoms with E-state index in [9.17, 15) is 22.4 Å². The minimum Gasteiger partial charge on any atom is -0.459 e. The summed E-state index contributed by atoms with van der Waals surface area (Å²) < 4.78 is 65.2. The molecule has 0 saturated carbocycles. The highest BCUT2D eigenvalue weighted by Gasteiger charge is 2.44.